The van der Waals surface area contributed by atoms with Gasteiger partial charge in [-0.15, -0.1) is 0 Å². The van der Waals surface area contributed by atoms with Gasteiger partial charge in [-0.05, 0) is 19.1 Å². The number of benzene rings is 1. The van der Waals surface area contributed by atoms with Crippen molar-refractivity contribution in [2.24, 2.45) is 0 Å². The molecule has 0 aliphatic carbocycles. The molecule has 0 saturated carbocycles. The number of carboxylic acid groups (broad SMARTS) is 1. The van der Waals surface area contributed by atoms with Gasteiger partial charge in [0.15, 0.2) is 0 Å². The fraction of sp³-hybridized carbons (Fsp3) is 0.222. The number of urea groups is 1. The molecule has 1 aliphatic rings. The number of aromatic nitrogens is 1. The van der Waals surface area contributed by atoms with E-state index in [9.17, 15) is 24.3 Å². The van der Waals surface area contributed by atoms with Gasteiger partial charge in [-0.25, -0.2) is 4.79 Å². The van der Waals surface area contributed by atoms with Crippen LogP contribution in [0.4, 0.5) is 4.79 Å². The Bertz CT molecular complexity index is 962. The van der Waals surface area contributed by atoms with Gasteiger partial charge in [0.05, 0.1) is 12.0 Å². The van der Waals surface area contributed by atoms with Crippen LogP contribution in [-0.4, -0.2) is 52.3 Å². The molecular weight excluding hydrogens is 338 g/mol. The Kier molecular flexibility index (Phi) is 4.11. The van der Waals surface area contributed by atoms with Crippen LogP contribution in [0.5, 0.6) is 0 Å². The molecule has 1 saturated heterocycles. The van der Waals surface area contributed by atoms with Crippen LogP contribution in [0.1, 0.15) is 18.5 Å². The number of barbiturate groups is 1. The van der Waals surface area contributed by atoms with Crippen molar-refractivity contribution in [3.05, 3.63) is 41.6 Å². The first-order chi connectivity index (χ1) is 12.2. The summed E-state index contributed by atoms with van der Waals surface area (Å²) in [7, 11) is 2.59. The third-order valence-electron chi connectivity index (χ3n) is 4.47. The Balaban J connectivity index is 2.18. The van der Waals surface area contributed by atoms with E-state index in [0.717, 1.165) is 9.80 Å². The lowest BCUT2D eigenvalue weighted by Crippen LogP contribution is -2.52. The lowest BCUT2D eigenvalue weighted by molar-refractivity contribution is -0.309. The Hall–Kier alpha value is -3.42. The van der Waals surface area contributed by atoms with Gasteiger partial charge in [0.2, 0.25) is 0 Å². The predicted octanol–water partition coefficient (Wildman–Crippen LogP) is 0.386. The van der Waals surface area contributed by atoms with Crippen molar-refractivity contribution >= 4 is 40.8 Å². The molecule has 8 heteroatoms. The van der Waals surface area contributed by atoms with Crippen molar-refractivity contribution in [3.63, 3.8) is 0 Å². The SMILES string of the molecule is C[C@@H](C(=O)[O-])n1cc(C=C2C(=O)N(C)C(=O)N(C)C2=O)c2ccccc21. The first-order valence-corrected chi connectivity index (χ1v) is 7.86. The Morgan fingerprint density at radius 2 is 1.65 bits per heavy atom. The van der Waals surface area contributed by atoms with E-state index in [1.165, 1.54) is 31.7 Å². The van der Waals surface area contributed by atoms with Crippen molar-refractivity contribution in [2.45, 2.75) is 13.0 Å². The number of likely N-dealkylation sites (N-methyl/N-ethyl adjacent to an activating group) is 2. The smallest absolute Gasteiger partial charge is 0.333 e. The predicted molar refractivity (Wildman–Crippen MR) is 90.6 cm³/mol. The highest BCUT2D eigenvalue weighted by molar-refractivity contribution is 6.31. The molecule has 26 heavy (non-hydrogen) atoms. The molecule has 2 aromatic rings. The summed E-state index contributed by atoms with van der Waals surface area (Å²) in [4.78, 5) is 49.5. The number of rotatable bonds is 3. The Morgan fingerprint density at radius 1 is 1.08 bits per heavy atom. The second kappa shape index (κ2) is 6.14. The largest absolute Gasteiger partial charge is 0.548 e. The zero-order valence-electron chi connectivity index (χ0n) is 14.4. The fourth-order valence-corrected chi connectivity index (χ4v) is 2.91. The van der Waals surface area contributed by atoms with Gasteiger partial charge < -0.3 is 14.5 Å². The Labute approximate surface area is 148 Å². The number of carbonyl (C=O) groups excluding carboxylic acids is 4. The summed E-state index contributed by atoms with van der Waals surface area (Å²) in [6.07, 6.45) is 2.93. The zero-order chi connectivity index (χ0) is 19.2. The first-order valence-electron chi connectivity index (χ1n) is 7.86. The van der Waals surface area contributed by atoms with Crippen LogP contribution in [0, 0.1) is 0 Å². The van der Waals surface area contributed by atoms with Gasteiger partial charge >= 0.3 is 6.03 Å². The van der Waals surface area contributed by atoms with Crippen LogP contribution >= 0.6 is 0 Å². The first kappa shape index (κ1) is 17.4. The summed E-state index contributed by atoms with van der Waals surface area (Å²) < 4.78 is 1.51. The molecule has 8 nitrogen and oxygen atoms in total. The third kappa shape index (κ3) is 2.55. The molecule has 1 atom stereocenters. The summed E-state index contributed by atoms with van der Waals surface area (Å²) in [6, 6.07) is 5.39. The molecule has 4 amide bonds. The van der Waals surface area contributed by atoms with E-state index in [-0.39, 0.29) is 5.57 Å². The second-order valence-electron chi connectivity index (χ2n) is 6.07. The highest BCUT2D eigenvalue weighted by atomic mass is 16.4. The molecule has 1 fully saturated rings. The topological polar surface area (TPSA) is 103 Å². The van der Waals surface area contributed by atoms with Crippen molar-refractivity contribution < 1.29 is 24.3 Å². The highest BCUT2D eigenvalue weighted by Gasteiger charge is 2.37. The minimum atomic E-state index is -1.25. The Morgan fingerprint density at radius 3 is 2.23 bits per heavy atom. The van der Waals surface area contributed by atoms with Crippen molar-refractivity contribution in [1.82, 2.24) is 14.4 Å². The highest BCUT2D eigenvalue weighted by Crippen LogP contribution is 2.28. The van der Waals surface area contributed by atoms with Crippen molar-refractivity contribution in [3.8, 4) is 0 Å². The lowest BCUT2D eigenvalue weighted by Gasteiger charge is -2.28. The summed E-state index contributed by atoms with van der Waals surface area (Å²) >= 11 is 0. The average Bonchev–Trinajstić information content (AvgIpc) is 3.00. The summed E-state index contributed by atoms with van der Waals surface area (Å²) in [5, 5.41) is 11.9. The van der Waals surface area contributed by atoms with E-state index >= 15 is 0 Å². The average molecular weight is 354 g/mol. The molecular formula is C18H16N3O5-. The standard InChI is InChI=1S/C18H17N3O5/c1-10(17(24)25)21-9-11(12-6-4-5-7-14(12)21)8-13-15(22)19(2)18(26)20(3)16(13)23/h4-10H,1-3H3,(H,24,25)/p-1/t10-/m0/s1. The van der Waals surface area contributed by atoms with E-state index in [1.807, 2.05) is 0 Å². The number of nitrogens with zero attached hydrogens (tertiary/aromatic N) is 3. The molecule has 0 unspecified atom stereocenters. The van der Waals surface area contributed by atoms with E-state index < -0.39 is 29.9 Å². The molecule has 0 spiro atoms. The van der Waals surface area contributed by atoms with Crippen molar-refractivity contribution in [2.75, 3.05) is 14.1 Å². The number of para-hydroxylation sites is 1. The number of hydrogen-bond donors (Lipinski definition) is 0. The number of carboxylic acids is 1. The minimum Gasteiger partial charge on any atom is -0.548 e. The van der Waals surface area contributed by atoms with Crippen LogP contribution in [-0.2, 0) is 14.4 Å². The van der Waals surface area contributed by atoms with Gasteiger partial charge in [-0.1, -0.05) is 18.2 Å². The number of fused-ring (bicyclic) bond motifs is 1. The van der Waals surface area contributed by atoms with Gasteiger partial charge in [-0.3, -0.25) is 19.4 Å². The number of imide groups is 2. The van der Waals surface area contributed by atoms with Crippen molar-refractivity contribution in [1.29, 1.82) is 0 Å². The number of aliphatic carboxylic acids is 1. The van der Waals surface area contributed by atoms with Crippen LogP contribution in [0.15, 0.2) is 36.0 Å². The molecule has 0 N–H and O–H groups in total. The maximum absolute atomic E-state index is 12.4. The summed E-state index contributed by atoms with van der Waals surface area (Å²) in [6.45, 7) is 1.48. The molecule has 0 bridgehead atoms. The number of hydrogen-bond acceptors (Lipinski definition) is 5. The monoisotopic (exact) mass is 354 g/mol. The number of amides is 4. The van der Waals surface area contributed by atoms with E-state index in [0.29, 0.717) is 16.5 Å². The van der Waals surface area contributed by atoms with Crippen LogP contribution < -0.4 is 5.11 Å². The van der Waals surface area contributed by atoms with Gasteiger partial charge in [0, 0.05) is 36.8 Å². The molecule has 1 aliphatic heterocycles. The van der Waals surface area contributed by atoms with Crippen LogP contribution in [0.25, 0.3) is 17.0 Å². The maximum atomic E-state index is 12.4. The summed E-state index contributed by atoms with van der Waals surface area (Å²) in [5.41, 5.74) is 0.963. The maximum Gasteiger partial charge on any atom is 0.333 e. The van der Waals surface area contributed by atoms with E-state index in [1.54, 1.807) is 30.5 Å². The van der Waals surface area contributed by atoms with Gasteiger partial charge in [0.1, 0.15) is 5.57 Å². The quantitative estimate of drug-likeness (QED) is 0.586. The molecule has 2 heterocycles. The molecule has 1 aromatic carbocycles. The minimum absolute atomic E-state index is 0.168. The normalized spacial score (nSPS) is 16.4. The van der Waals surface area contributed by atoms with E-state index in [2.05, 4.69) is 0 Å². The fourth-order valence-electron chi connectivity index (χ4n) is 2.91. The van der Waals surface area contributed by atoms with Crippen LogP contribution in [0.2, 0.25) is 0 Å². The van der Waals surface area contributed by atoms with Gasteiger partial charge in [0.25, 0.3) is 11.8 Å². The van der Waals surface area contributed by atoms with Crippen LogP contribution in [0.3, 0.4) is 0 Å². The summed E-state index contributed by atoms with van der Waals surface area (Å²) in [5.74, 6) is -2.66. The molecule has 1 aromatic heterocycles. The zero-order valence-corrected chi connectivity index (χ0v) is 14.4. The number of carbonyl (C=O) groups is 4. The molecule has 134 valence electrons. The second-order valence-corrected chi connectivity index (χ2v) is 6.07. The lowest BCUT2D eigenvalue weighted by atomic mass is 10.1. The third-order valence-corrected chi connectivity index (χ3v) is 4.47. The van der Waals surface area contributed by atoms with E-state index in [4.69, 9.17) is 0 Å². The van der Waals surface area contributed by atoms with Gasteiger partial charge in [-0.2, -0.15) is 0 Å². The molecule has 0 radical (unpaired) electrons. The molecule has 3 rings (SSSR count).